The predicted octanol–water partition coefficient (Wildman–Crippen LogP) is 11.3. The first-order valence-corrected chi connectivity index (χ1v) is 20.3. The molecule has 58 heavy (non-hydrogen) atoms. The van der Waals surface area contributed by atoms with Gasteiger partial charge in [-0.15, -0.1) is 0 Å². The van der Waals surface area contributed by atoms with E-state index in [-0.39, 0.29) is 10.8 Å². The van der Waals surface area contributed by atoms with Crippen LogP contribution >= 0.6 is 0 Å². The maximum Gasteiger partial charge on any atom is 0.0660 e. The van der Waals surface area contributed by atoms with Crippen LogP contribution in [0.2, 0.25) is 0 Å². The standard InChI is InChI=1S/C54H56N4/c1-49(2)31-27-37-15-13-16-38(35-37)28-32-50(3,4)43-21-25-47(57-43)54(11,12)48-26-22-44(58-48)52(7,8)34-30-40-18-14-17-39(36-40)29-33-51(5,6)42-20-24-46(56-42)53(9,10)45-23-19-41(49)55-45/h13-26,35-36,55-58H,1-12H3. The van der Waals surface area contributed by atoms with Gasteiger partial charge in [-0.2, -0.15) is 0 Å². The lowest BCUT2D eigenvalue weighted by atomic mass is 9.86. The van der Waals surface area contributed by atoms with Gasteiger partial charge in [0.2, 0.25) is 0 Å². The molecule has 4 aromatic heterocycles. The van der Waals surface area contributed by atoms with Gasteiger partial charge in [0.25, 0.3) is 0 Å². The van der Waals surface area contributed by atoms with Crippen molar-refractivity contribution in [1.82, 2.24) is 19.9 Å². The van der Waals surface area contributed by atoms with Crippen molar-refractivity contribution in [3.05, 3.63) is 165 Å². The first kappa shape index (κ1) is 40.0. The Morgan fingerprint density at radius 2 is 0.500 bits per heavy atom. The van der Waals surface area contributed by atoms with Crippen LogP contribution in [-0.2, 0) is 32.5 Å². The highest BCUT2D eigenvalue weighted by atomic mass is 14.8. The molecular weight excluding hydrogens is 705 g/mol. The lowest BCUT2D eigenvalue weighted by molar-refractivity contribution is 0.582. The fourth-order valence-corrected chi connectivity index (χ4v) is 7.32. The average molecular weight is 761 g/mol. The molecule has 4 N–H and O–H groups in total. The molecule has 0 aliphatic carbocycles. The quantitative estimate of drug-likeness (QED) is 0.111. The summed E-state index contributed by atoms with van der Waals surface area (Å²) in [5.74, 6) is 28.0. The zero-order valence-electron chi connectivity index (χ0n) is 36.2. The monoisotopic (exact) mass is 760 g/mol. The van der Waals surface area contributed by atoms with Gasteiger partial charge in [-0.1, -0.05) is 59.5 Å². The van der Waals surface area contributed by atoms with Crippen molar-refractivity contribution in [3.8, 4) is 47.4 Å². The third-order valence-electron chi connectivity index (χ3n) is 11.9. The average Bonchev–Trinajstić information content (AvgIpc) is 4.01. The van der Waals surface area contributed by atoms with Gasteiger partial charge in [-0.05, 0) is 168 Å². The molecule has 0 spiro atoms. The number of rotatable bonds is 0. The zero-order valence-corrected chi connectivity index (χ0v) is 36.2. The third kappa shape index (κ3) is 7.99. The molecule has 12 bridgehead atoms. The van der Waals surface area contributed by atoms with E-state index in [0.717, 1.165) is 67.8 Å². The molecule has 0 saturated carbocycles. The van der Waals surface area contributed by atoms with Crippen LogP contribution in [0.1, 0.15) is 151 Å². The lowest BCUT2D eigenvalue weighted by Gasteiger charge is -2.24. The highest BCUT2D eigenvalue weighted by molar-refractivity contribution is 5.50. The van der Waals surface area contributed by atoms with E-state index in [0.29, 0.717) is 0 Å². The maximum atomic E-state index is 3.74. The van der Waals surface area contributed by atoms with Crippen molar-refractivity contribution in [3.63, 3.8) is 0 Å². The second-order valence-electron chi connectivity index (χ2n) is 19.1. The number of benzene rings is 2. The smallest absolute Gasteiger partial charge is 0.0660 e. The van der Waals surface area contributed by atoms with Crippen molar-refractivity contribution in [2.45, 2.75) is 116 Å². The summed E-state index contributed by atoms with van der Waals surface area (Å²) in [4.78, 5) is 15.0. The normalized spacial score (nSPS) is 18.1. The van der Waals surface area contributed by atoms with E-state index in [1.165, 1.54) is 0 Å². The Morgan fingerprint density at radius 1 is 0.293 bits per heavy atom. The summed E-state index contributed by atoms with van der Waals surface area (Å²) in [6.45, 7) is 26.3. The molecule has 2 aromatic carbocycles. The van der Waals surface area contributed by atoms with Gasteiger partial charge in [0, 0.05) is 78.6 Å². The summed E-state index contributed by atoms with van der Waals surface area (Å²) in [5, 5.41) is 0. The molecule has 292 valence electrons. The SMILES string of the molecule is CC1(C)C#Cc2cccc(c2)C#CC(C)(C)c2ccc([nH]2)C(C)(C)c2ccc([nH]2)C(C)(C)C#Cc2cccc(c2)C#CC(C)(C)c2ccc([nH]2)C(C)(C)c2ccc1[nH]2. The first-order chi connectivity index (χ1) is 27.2. The third-order valence-corrected chi connectivity index (χ3v) is 11.9. The highest BCUT2D eigenvalue weighted by Crippen LogP contribution is 2.36. The molecule has 0 atom stereocenters. The molecule has 0 amide bonds. The molecule has 0 fully saturated rings. The van der Waals surface area contributed by atoms with Gasteiger partial charge in [-0.25, -0.2) is 0 Å². The summed E-state index contributed by atoms with van der Waals surface area (Å²) in [6, 6.07) is 33.9. The molecule has 7 rings (SSSR count). The number of hydrogen-bond acceptors (Lipinski definition) is 0. The number of H-pyrrole nitrogens is 4. The summed E-state index contributed by atoms with van der Waals surface area (Å²) in [5.41, 5.74) is 10.3. The van der Waals surface area contributed by atoms with Gasteiger partial charge in [-0.3, -0.25) is 0 Å². The van der Waals surface area contributed by atoms with Gasteiger partial charge in [0.05, 0.1) is 21.7 Å². The number of hydrogen-bond donors (Lipinski definition) is 4. The van der Waals surface area contributed by atoms with E-state index in [1.54, 1.807) is 0 Å². The van der Waals surface area contributed by atoms with E-state index in [9.17, 15) is 0 Å². The minimum absolute atomic E-state index is 0.302. The van der Waals surface area contributed by atoms with Gasteiger partial charge < -0.3 is 19.9 Å². The van der Waals surface area contributed by atoms with Crippen molar-refractivity contribution in [1.29, 1.82) is 0 Å². The van der Waals surface area contributed by atoms with Gasteiger partial charge >= 0.3 is 0 Å². The van der Waals surface area contributed by atoms with Crippen molar-refractivity contribution < 1.29 is 0 Å². The Labute approximate surface area is 346 Å². The Hall–Kier alpha value is -6.20. The molecule has 6 aromatic rings. The molecule has 0 unspecified atom stereocenters. The molecular formula is C54H56N4. The molecule has 4 heteroatoms. The summed E-state index contributed by atoms with van der Waals surface area (Å²) >= 11 is 0. The van der Waals surface area contributed by atoms with E-state index in [4.69, 9.17) is 0 Å². The summed E-state index contributed by atoms with van der Waals surface area (Å²) in [6.07, 6.45) is 0. The van der Waals surface area contributed by atoms with Crippen LogP contribution in [-0.4, -0.2) is 19.9 Å². The van der Waals surface area contributed by atoms with Crippen LogP contribution in [0, 0.1) is 47.4 Å². The molecule has 1 aliphatic rings. The largest absolute Gasteiger partial charge is 0.360 e. The minimum atomic E-state index is -0.408. The first-order valence-electron chi connectivity index (χ1n) is 20.3. The molecule has 5 heterocycles. The molecule has 1 aliphatic heterocycles. The molecule has 4 nitrogen and oxygen atoms in total. The van der Waals surface area contributed by atoms with E-state index < -0.39 is 21.7 Å². The van der Waals surface area contributed by atoms with E-state index in [2.05, 4.69) is 235 Å². The van der Waals surface area contributed by atoms with Gasteiger partial charge in [0.1, 0.15) is 0 Å². The second kappa shape index (κ2) is 14.3. The van der Waals surface area contributed by atoms with E-state index >= 15 is 0 Å². The van der Waals surface area contributed by atoms with Crippen LogP contribution in [0.5, 0.6) is 0 Å². The van der Waals surface area contributed by atoms with Crippen LogP contribution in [0.3, 0.4) is 0 Å². The summed E-state index contributed by atoms with van der Waals surface area (Å²) in [7, 11) is 0. The Balaban J connectivity index is 1.29. The second-order valence-corrected chi connectivity index (χ2v) is 19.1. The minimum Gasteiger partial charge on any atom is -0.360 e. The lowest BCUT2D eigenvalue weighted by Crippen LogP contribution is -2.22. The van der Waals surface area contributed by atoms with Crippen LogP contribution in [0.25, 0.3) is 0 Å². The zero-order chi connectivity index (χ0) is 41.7. The van der Waals surface area contributed by atoms with E-state index in [1.807, 2.05) is 12.1 Å². The number of fused-ring (bicyclic) bond motifs is 12. The molecule has 0 radical (unpaired) electrons. The van der Waals surface area contributed by atoms with Crippen LogP contribution in [0.15, 0.2) is 97.1 Å². The number of aromatic nitrogens is 4. The Bertz CT molecular complexity index is 2390. The van der Waals surface area contributed by atoms with Crippen molar-refractivity contribution in [2.75, 3.05) is 0 Å². The number of aromatic amines is 4. The Kier molecular flexibility index (Phi) is 9.88. The van der Waals surface area contributed by atoms with Gasteiger partial charge in [0.15, 0.2) is 0 Å². The fourth-order valence-electron chi connectivity index (χ4n) is 7.32. The maximum absolute atomic E-state index is 3.74. The summed E-state index contributed by atoms with van der Waals surface area (Å²) < 4.78 is 0. The van der Waals surface area contributed by atoms with Crippen molar-refractivity contribution in [2.24, 2.45) is 0 Å². The van der Waals surface area contributed by atoms with Crippen molar-refractivity contribution >= 4 is 0 Å². The Morgan fingerprint density at radius 3 is 0.724 bits per heavy atom. The fraction of sp³-hybridized carbons (Fsp3) is 0.333. The predicted molar refractivity (Wildman–Crippen MR) is 240 cm³/mol. The number of nitrogens with one attached hydrogen (secondary N) is 4. The van der Waals surface area contributed by atoms with Crippen LogP contribution in [0.4, 0.5) is 0 Å². The van der Waals surface area contributed by atoms with Crippen LogP contribution < -0.4 is 0 Å². The topological polar surface area (TPSA) is 63.2 Å². The highest BCUT2D eigenvalue weighted by Gasteiger charge is 2.32. The molecule has 0 saturated heterocycles.